The van der Waals surface area contributed by atoms with Crippen molar-refractivity contribution < 1.29 is 17.9 Å². The van der Waals surface area contributed by atoms with Crippen molar-refractivity contribution in [2.24, 2.45) is 11.3 Å². The molecule has 0 unspecified atom stereocenters. The fourth-order valence-electron chi connectivity index (χ4n) is 4.85. The van der Waals surface area contributed by atoms with E-state index in [1.807, 2.05) is 26.0 Å². The molecule has 1 saturated carbocycles. The molecule has 23 heavy (non-hydrogen) atoms. The minimum Gasteiger partial charge on any atom is -0.360 e. The molecule has 0 radical (unpaired) electrons. The fourth-order valence-corrected chi connectivity index (χ4v) is 6.19. The Balaban J connectivity index is 1.68. The first-order chi connectivity index (χ1) is 10.7. The smallest absolute Gasteiger partial charge is 0.185 e. The number of hydrogen-bond acceptors (Lipinski definition) is 4. The number of sulfone groups is 1. The zero-order valence-electron chi connectivity index (χ0n) is 13.3. The number of benzene rings is 1. The number of ether oxygens (including phenoxy) is 1. The molecule has 2 bridgehead atoms. The molecule has 122 valence electrons. The molecule has 2 heterocycles. The molecule has 2 fully saturated rings. The van der Waals surface area contributed by atoms with Crippen LogP contribution in [0.25, 0.3) is 0 Å². The predicted molar refractivity (Wildman–Crippen MR) is 85.7 cm³/mol. The highest BCUT2D eigenvalue weighted by atomic mass is 32.2. The lowest BCUT2D eigenvalue weighted by atomic mass is 9.47. The lowest BCUT2D eigenvalue weighted by molar-refractivity contribution is -0.142. The third kappa shape index (κ3) is 1.75. The Bertz CT molecular complexity index is 813. The summed E-state index contributed by atoms with van der Waals surface area (Å²) in [5, 5.41) is 0. The Kier molecular flexibility index (Phi) is 2.84. The van der Waals surface area contributed by atoms with Crippen LogP contribution in [0.1, 0.15) is 26.7 Å². The van der Waals surface area contributed by atoms with Gasteiger partial charge in [-0.15, -0.1) is 0 Å². The molecule has 1 aromatic rings. The largest absolute Gasteiger partial charge is 0.360 e. The van der Waals surface area contributed by atoms with Crippen molar-refractivity contribution in [3.8, 4) is 0 Å². The van der Waals surface area contributed by atoms with Gasteiger partial charge >= 0.3 is 0 Å². The number of rotatable bonds is 4. The first kappa shape index (κ1) is 15.1. The minimum atomic E-state index is -3.62. The number of hydrogen-bond donors (Lipinski definition) is 0. The summed E-state index contributed by atoms with van der Waals surface area (Å²) in [4.78, 5) is 13.3. The van der Waals surface area contributed by atoms with Crippen molar-refractivity contribution in [1.29, 1.82) is 0 Å². The van der Waals surface area contributed by atoms with E-state index in [9.17, 15) is 13.2 Å². The Morgan fingerprint density at radius 3 is 2.48 bits per heavy atom. The number of ketones is 1. The van der Waals surface area contributed by atoms with E-state index in [2.05, 4.69) is 0 Å². The van der Waals surface area contributed by atoms with Gasteiger partial charge in [0.05, 0.1) is 21.5 Å². The van der Waals surface area contributed by atoms with E-state index >= 15 is 0 Å². The molecule has 0 spiro atoms. The highest BCUT2D eigenvalue weighted by Crippen LogP contribution is 2.70. The summed E-state index contributed by atoms with van der Waals surface area (Å²) < 4.78 is 31.3. The van der Waals surface area contributed by atoms with E-state index < -0.39 is 32.2 Å². The maximum Gasteiger partial charge on any atom is 0.185 e. The summed E-state index contributed by atoms with van der Waals surface area (Å²) in [6.07, 6.45) is 5.61. The zero-order valence-corrected chi connectivity index (χ0v) is 14.1. The topological polar surface area (TPSA) is 60.4 Å². The number of Topliss-reactive ketones (excluding diaryl/α,β-unsaturated/α-hetero) is 1. The second kappa shape index (κ2) is 4.33. The zero-order chi connectivity index (χ0) is 16.5. The summed E-state index contributed by atoms with van der Waals surface area (Å²) in [6.45, 7) is 3.92. The Morgan fingerprint density at radius 1 is 1.22 bits per heavy atom. The van der Waals surface area contributed by atoms with Crippen molar-refractivity contribution in [3.05, 3.63) is 42.5 Å². The van der Waals surface area contributed by atoms with Crippen LogP contribution in [-0.4, -0.2) is 31.2 Å². The monoisotopic (exact) mass is 332 g/mol. The van der Waals surface area contributed by atoms with Crippen molar-refractivity contribution in [2.75, 3.05) is 5.75 Å². The van der Waals surface area contributed by atoms with Gasteiger partial charge in [-0.2, -0.15) is 0 Å². The second-order valence-corrected chi connectivity index (χ2v) is 9.27. The minimum absolute atomic E-state index is 0.0865. The number of fused-ring (bicyclic) bond motifs is 5. The van der Waals surface area contributed by atoms with Crippen LogP contribution in [0.4, 0.5) is 0 Å². The normalized spacial score (nSPS) is 40.7. The highest BCUT2D eigenvalue weighted by molar-refractivity contribution is 7.92. The van der Waals surface area contributed by atoms with Gasteiger partial charge in [0.15, 0.2) is 15.6 Å². The first-order valence-electron chi connectivity index (χ1n) is 7.95. The quantitative estimate of drug-likeness (QED) is 0.795. The highest BCUT2D eigenvalue weighted by Gasteiger charge is 2.75. The van der Waals surface area contributed by atoms with E-state index in [1.54, 1.807) is 30.3 Å². The van der Waals surface area contributed by atoms with E-state index in [-0.39, 0.29) is 16.6 Å². The lowest BCUT2D eigenvalue weighted by Crippen LogP contribution is -2.60. The van der Waals surface area contributed by atoms with Gasteiger partial charge in [0.2, 0.25) is 0 Å². The average Bonchev–Trinajstić information content (AvgIpc) is 2.80. The van der Waals surface area contributed by atoms with Gasteiger partial charge in [-0.1, -0.05) is 30.4 Å². The van der Waals surface area contributed by atoms with Crippen molar-refractivity contribution in [2.45, 2.75) is 42.8 Å². The Morgan fingerprint density at radius 2 is 1.91 bits per heavy atom. The maximum absolute atomic E-state index is 13.1. The molecule has 3 aliphatic rings. The molecule has 0 aromatic heterocycles. The summed E-state index contributed by atoms with van der Waals surface area (Å²) in [5.74, 6) is -0.562. The van der Waals surface area contributed by atoms with Gasteiger partial charge in [-0.25, -0.2) is 8.42 Å². The predicted octanol–water partition coefficient (Wildman–Crippen LogP) is 2.54. The lowest BCUT2D eigenvalue weighted by Gasteiger charge is -2.52. The Hall–Kier alpha value is -1.46. The molecule has 0 N–H and O–H groups in total. The molecule has 4 atom stereocenters. The van der Waals surface area contributed by atoms with Gasteiger partial charge in [0.1, 0.15) is 5.75 Å². The van der Waals surface area contributed by atoms with Crippen LogP contribution < -0.4 is 0 Å². The first-order valence-corrected chi connectivity index (χ1v) is 9.60. The van der Waals surface area contributed by atoms with Crippen LogP contribution in [0.3, 0.4) is 0 Å². The van der Waals surface area contributed by atoms with E-state index in [0.29, 0.717) is 6.42 Å². The number of carbonyl (C=O) groups is 1. The summed E-state index contributed by atoms with van der Waals surface area (Å²) in [5.41, 5.74) is -1.79. The number of carbonyl (C=O) groups excluding carboxylic acids is 1. The summed E-state index contributed by atoms with van der Waals surface area (Å²) in [6, 6.07) is 8.19. The standard InChI is InChI=1S/C18H20O4S/c1-16-10-11-17(2,22-16)18(9-8-14(16)18)15(19)12-23(20,21)13-6-4-3-5-7-13/h3-7,10-11,14H,8-9,12H2,1-2H3/t14-,16-,17+,18-/m0/s1. The van der Waals surface area contributed by atoms with Crippen LogP contribution in [0.2, 0.25) is 0 Å². The molecule has 5 heteroatoms. The SMILES string of the molecule is C[C@]12C=C[C@](C)(O1)[C@@H]1CC[C@@]12C(=O)CS(=O)(=O)c1ccccc1. The molecule has 4 nitrogen and oxygen atoms in total. The van der Waals surface area contributed by atoms with E-state index in [1.165, 1.54) is 0 Å². The van der Waals surface area contributed by atoms with Gasteiger partial charge in [-0.3, -0.25) is 4.79 Å². The van der Waals surface area contributed by atoms with Crippen molar-refractivity contribution in [1.82, 2.24) is 0 Å². The van der Waals surface area contributed by atoms with Crippen molar-refractivity contribution >= 4 is 15.6 Å². The third-order valence-electron chi connectivity index (χ3n) is 6.09. The van der Waals surface area contributed by atoms with E-state index in [0.717, 1.165) is 6.42 Å². The van der Waals surface area contributed by atoms with Crippen LogP contribution in [0, 0.1) is 11.3 Å². The average molecular weight is 332 g/mol. The van der Waals surface area contributed by atoms with Gasteiger partial charge in [0, 0.05) is 5.92 Å². The van der Waals surface area contributed by atoms with Gasteiger partial charge < -0.3 is 4.74 Å². The second-order valence-electron chi connectivity index (χ2n) is 7.28. The van der Waals surface area contributed by atoms with Crippen LogP contribution in [0.5, 0.6) is 0 Å². The molecule has 1 aromatic carbocycles. The van der Waals surface area contributed by atoms with Crippen LogP contribution in [0.15, 0.2) is 47.4 Å². The molecule has 1 aliphatic carbocycles. The van der Waals surface area contributed by atoms with Gasteiger partial charge in [-0.05, 0) is 38.8 Å². The molecule has 2 aliphatic heterocycles. The molecule has 1 saturated heterocycles. The maximum atomic E-state index is 13.1. The van der Waals surface area contributed by atoms with Gasteiger partial charge in [0.25, 0.3) is 0 Å². The molecule has 0 amide bonds. The van der Waals surface area contributed by atoms with Crippen LogP contribution in [-0.2, 0) is 19.4 Å². The van der Waals surface area contributed by atoms with Crippen molar-refractivity contribution in [3.63, 3.8) is 0 Å². The fraction of sp³-hybridized carbons (Fsp3) is 0.500. The Labute approximate surface area is 136 Å². The molecular formula is C18H20O4S. The third-order valence-corrected chi connectivity index (χ3v) is 7.72. The summed E-state index contributed by atoms with van der Waals surface area (Å²) >= 11 is 0. The van der Waals surface area contributed by atoms with E-state index in [4.69, 9.17) is 4.74 Å². The summed E-state index contributed by atoms with van der Waals surface area (Å²) in [7, 11) is -3.62. The molecular weight excluding hydrogens is 312 g/mol. The van der Waals surface area contributed by atoms with Crippen LogP contribution >= 0.6 is 0 Å². The molecule has 4 rings (SSSR count).